The number of hydrazine groups is 1. The van der Waals surface area contributed by atoms with E-state index in [-0.39, 0.29) is 5.91 Å². The summed E-state index contributed by atoms with van der Waals surface area (Å²) in [6, 6.07) is 5.39. The number of rotatable bonds is 5. The molecule has 3 N–H and O–H groups in total. The van der Waals surface area contributed by atoms with Gasteiger partial charge in [0.2, 0.25) is 0 Å². The second-order valence-electron chi connectivity index (χ2n) is 3.90. The van der Waals surface area contributed by atoms with Crippen LogP contribution >= 0.6 is 11.8 Å². The van der Waals surface area contributed by atoms with Crippen LogP contribution in [0.25, 0.3) is 0 Å². The van der Waals surface area contributed by atoms with E-state index >= 15 is 0 Å². The average molecular weight is 239 g/mol. The van der Waals surface area contributed by atoms with E-state index in [1.807, 2.05) is 23.9 Å². The van der Waals surface area contributed by atoms with Gasteiger partial charge in [0.05, 0.1) is 5.69 Å². The van der Waals surface area contributed by atoms with Gasteiger partial charge in [0.15, 0.2) is 0 Å². The summed E-state index contributed by atoms with van der Waals surface area (Å²) in [4.78, 5) is 15.5. The molecule has 0 radical (unpaired) electrons. The van der Waals surface area contributed by atoms with E-state index in [1.165, 1.54) is 0 Å². The lowest BCUT2D eigenvalue weighted by molar-refractivity contribution is 0.0948. The molecule has 5 heteroatoms. The molecule has 0 aromatic carbocycles. The molecule has 4 nitrogen and oxygen atoms in total. The smallest absolute Gasteiger partial charge is 0.283 e. The summed E-state index contributed by atoms with van der Waals surface area (Å²) in [6.07, 6.45) is 0. The summed E-state index contributed by atoms with van der Waals surface area (Å²) in [5.74, 6) is 7.28. The Labute approximate surface area is 100.0 Å². The molecule has 0 aliphatic rings. The number of hydrogen-bond acceptors (Lipinski definition) is 4. The van der Waals surface area contributed by atoms with Crippen molar-refractivity contribution in [1.29, 1.82) is 0 Å². The van der Waals surface area contributed by atoms with Gasteiger partial charge in [0.1, 0.15) is 5.69 Å². The minimum Gasteiger partial charge on any atom is -0.289 e. The van der Waals surface area contributed by atoms with Gasteiger partial charge in [-0.1, -0.05) is 19.9 Å². The van der Waals surface area contributed by atoms with Crippen LogP contribution in [0.4, 0.5) is 0 Å². The first-order valence-corrected chi connectivity index (χ1v) is 6.33. The normalized spacial score (nSPS) is 10.5. The fourth-order valence-electron chi connectivity index (χ4n) is 1.16. The molecule has 0 unspecified atom stereocenters. The zero-order valence-electron chi connectivity index (χ0n) is 9.56. The number of hydrogen-bond donors (Lipinski definition) is 2. The number of nitrogen functional groups attached to an aromatic ring is 1. The number of carbonyl (C=O) groups excluding carboxylic acids is 1. The molecule has 88 valence electrons. The van der Waals surface area contributed by atoms with Crippen LogP contribution in [0.15, 0.2) is 18.2 Å². The van der Waals surface area contributed by atoms with E-state index in [4.69, 9.17) is 5.84 Å². The number of nitrogens with zero attached hydrogens (tertiary/aromatic N) is 1. The number of amides is 1. The predicted octanol–water partition coefficient (Wildman–Crippen LogP) is 1.57. The molecule has 0 aliphatic heterocycles. The molecular weight excluding hydrogens is 222 g/mol. The van der Waals surface area contributed by atoms with Crippen LogP contribution in [0.2, 0.25) is 0 Å². The summed E-state index contributed by atoms with van der Waals surface area (Å²) < 4.78 is 0. The lowest BCUT2D eigenvalue weighted by Gasteiger charge is -2.05. The van der Waals surface area contributed by atoms with Crippen molar-refractivity contribution < 1.29 is 4.79 Å². The lowest BCUT2D eigenvalue weighted by Crippen LogP contribution is -2.30. The first kappa shape index (κ1) is 13.0. The van der Waals surface area contributed by atoms with Crippen LogP contribution in [0.5, 0.6) is 0 Å². The Morgan fingerprint density at radius 3 is 2.94 bits per heavy atom. The van der Waals surface area contributed by atoms with Crippen molar-refractivity contribution in [3.05, 3.63) is 29.6 Å². The SMILES string of the molecule is CC(C)CSCc1cccc(C(=O)NN)n1. The van der Waals surface area contributed by atoms with Crippen molar-refractivity contribution in [1.82, 2.24) is 10.4 Å². The van der Waals surface area contributed by atoms with Gasteiger partial charge in [-0.25, -0.2) is 10.8 Å². The third-order valence-corrected chi connectivity index (χ3v) is 3.27. The molecule has 0 saturated carbocycles. The molecular formula is C11H17N3OS. The fourth-order valence-corrected chi connectivity index (χ4v) is 2.12. The topological polar surface area (TPSA) is 68.0 Å². The maximum atomic E-state index is 11.2. The Balaban J connectivity index is 2.57. The molecule has 1 aromatic rings. The van der Waals surface area contributed by atoms with Crippen LogP contribution < -0.4 is 11.3 Å². The van der Waals surface area contributed by atoms with E-state index in [9.17, 15) is 4.79 Å². The number of pyridine rings is 1. The van der Waals surface area contributed by atoms with Crippen molar-refractivity contribution >= 4 is 17.7 Å². The Kier molecular flexibility index (Phi) is 5.28. The van der Waals surface area contributed by atoms with Crippen LogP contribution in [-0.4, -0.2) is 16.6 Å². The monoisotopic (exact) mass is 239 g/mol. The number of carbonyl (C=O) groups is 1. The van der Waals surface area contributed by atoms with Crippen LogP contribution in [0.1, 0.15) is 30.0 Å². The zero-order chi connectivity index (χ0) is 12.0. The van der Waals surface area contributed by atoms with Crippen LogP contribution in [-0.2, 0) is 5.75 Å². The standard InChI is InChI=1S/C11H17N3OS/c1-8(2)6-16-7-9-4-3-5-10(13-9)11(15)14-12/h3-5,8H,6-7,12H2,1-2H3,(H,14,15). The molecule has 1 heterocycles. The van der Waals surface area contributed by atoms with Crippen LogP contribution in [0.3, 0.4) is 0 Å². The Bertz CT molecular complexity index is 355. The molecule has 0 aliphatic carbocycles. The summed E-state index contributed by atoms with van der Waals surface area (Å²) in [5, 5.41) is 0. The van der Waals surface area contributed by atoms with Gasteiger partial charge in [-0.05, 0) is 23.8 Å². The fraction of sp³-hybridized carbons (Fsp3) is 0.455. The minimum absolute atomic E-state index is 0.351. The van der Waals surface area contributed by atoms with Gasteiger partial charge in [-0.15, -0.1) is 0 Å². The van der Waals surface area contributed by atoms with E-state index in [2.05, 4.69) is 24.3 Å². The molecule has 0 bridgehead atoms. The molecule has 16 heavy (non-hydrogen) atoms. The molecule has 0 atom stereocenters. The highest BCUT2D eigenvalue weighted by Gasteiger charge is 2.05. The molecule has 1 amide bonds. The van der Waals surface area contributed by atoms with Crippen molar-refractivity contribution in [3.63, 3.8) is 0 Å². The van der Waals surface area contributed by atoms with Gasteiger partial charge < -0.3 is 0 Å². The first-order valence-electron chi connectivity index (χ1n) is 5.18. The number of nitrogens with one attached hydrogen (secondary N) is 1. The summed E-state index contributed by atoms with van der Waals surface area (Å²) in [5.41, 5.74) is 3.35. The first-order chi connectivity index (χ1) is 7.63. The summed E-state index contributed by atoms with van der Waals surface area (Å²) in [6.45, 7) is 4.36. The third kappa shape index (κ3) is 4.20. The maximum absolute atomic E-state index is 11.2. The zero-order valence-corrected chi connectivity index (χ0v) is 10.4. The van der Waals surface area contributed by atoms with Crippen molar-refractivity contribution in [2.45, 2.75) is 19.6 Å². The molecule has 0 fully saturated rings. The van der Waals surface area contributed by atoms with Crippen molar-refractivity contribution in [2.75, 3.05) is 5.75 Å². The predicted molar refractivity (Wildman–Crippen MR) is 66.9 cm³/mol. The highest BCUT2D eigenvalue weighted by atomic mass is 32.2. The maximum Gasteiger partial charge on any atom is 0.283 e. The largest absolute Gasteiger partial charge is 0.289 e. The Morgan fingerprint density at radius 1 is 1.56 bits per heavy atom. The van der Waals surface area contributed by atoms with E-state index < -0.39 is 0 Å². The third-order valence-electron chi connectivity index (χ3n) is 1.87. The Morgan fingerprint density at radius 2 is 2.31 bits per heavy atom. The number of aromatic nitrogens is 1. The van der Waals surface area contributed by atoms with Crippen LogP contribution in [0, 0.1) is 5.92 Å². The minimum atomic E-state index is -0.351. The highest BCUT2D eigenvalue weighted by molar-refractivity contribution is 7.98. The summed E-state index contributed by atoms with van der Waals surface area (Å²) in [7, 11) is 0. The van der Waals surface area contributed by atoms with Gasteiger partial charge in [0.25, 0.3) is 5.91 Å². The van der Waals surface area contributed by atoms with Gasteiger partial charge in [-0.2, -0.15) is 11.8 Å². The molecule has 1 aromatic heterocycles. The lowest BCUT2D eigenvalue weighted by atomic mass is 10.3. The van der Waals surface area contributed by atoms with Gasteiger partial charge in [-0.3, -0.25) is 10.2 Å². The highest BCUT2D eigenvalue weighted by Crippen LogP contribution is 2.13. The average Bonchev–Trinajstić information content (AvgIpc) is 2.28. The molecule has 1 rings (SSSR count). The van der Waals surface area contributed by atoms with E-state index in [0.717, 1.165) is 17.2 Å². The summed E-state index contributed by atoms with van der Waals surface area (Å²) >= 11 is 1.82. The second kappa shape index (κ2) is 6.50. The second-order valence-corrected chi connectivity index (χ2v) is 4.93. The van der Waals surface area contributed by atoms with E-state index in [0.29, 0.717) is 11.6 Å². The van der Waals surface area contributed by atoms with Gasteiger partial charge >= 0.3 is 0 Å². The van der Waals surface area contributed by atoms with Gasteiger partial charge in [0, 0.05) is 5.75 Å². The quantitative estimate of drug-likeness (QED) is 0.465. The molecule has 0 saturated heterocycles. The molecule has 0 spiro atoms. The number of thioether (sulfide) groups is 1. The number of nitrogens with two attached hydrogens (primary N) is 1. The van der Waals surface area contributed by atoms with Crippen molar-refractivity contribution in [3.8, 4) is 0 Å². The Hall–Kier alpha value is -1.07. The van der Waals surface area contributed by atoms with Crippen molar-refractivity contribution in [2.24, 2.45) is 11.8 Å². The van der Waals surface area contributed by atoms with E-state index in [1.54, 1.807) is 6.07 Å².